The smallest absolute Gasteiger partial charge is 0.325 e. The molecule has 0 N–H and O–H groups in total. The van der Waals surface area contributed by atoms with E-state index < -0.39 is 28.4 Å². The molecule has 1 rings (SSSR count). The maximum Gasteiger partial charge on any atom is 0.325 e. The fourth-order valence-corrected chi connectivity index (χ4v) is 3.26. The Bertz CT molecular complexity index is 708. The van der Waals surface area contributed by atoms with Crippen LogP contribution in [0.3, 0.4) is 0 Å². The van der Waals surface area contributed by atoms with Crippen molar-refractivity contribution in [2.45, 2.75) is 11.8 Å². The van der Waals surface area contributed by atoms with Crippen LogP contribution in [0.4, 0.5) is 0 Å². The summed E-state index contributed by atoms with van der Waals surface area (Å²) in [7, 11) is -1.11. The molecule has 0 bridgehead atoms. The maximum absolute atomic E-state index is 12.5. The summed E-state index contributed by atoms with van der Waals surface area (Å²) in [5, 5.41) is 0.405. The van der Waals surface area contributed by atoms with Gasteiger partial charge in [-0.2, -0.15) is 4.31 Å². The van der Waals surface area contributed by atoms with Crippen molar-refractivity contribution in [3.8, 4) is 0 Å². The zero-order valence-corrected chi connectivity index (χ0v) is 16.5. The van der Waals surface area contributed by atoms with E-state index in [1.807, 2.05) is 0 Å². The molecule has 0 saturated heterocycles. The van der Waals surface area contributed by atoms with E-state index in [4.69, 9.17) is 21.1 Å². The molecule has 0 atom stereocenters. The number of carbonyl (C=O) groups excluding carboxylic acids is 2. The molecule has 26 heavy (non-hydrogen) atoms. The normalized spacial score (nSPS) is 11.4. The highest BCUT2D eigenvalue weighted by atomic mass is 35.5. The number of esters is 1. The number of amides is 1. The number of likely N-dealkylation sites (N-methyl/N-ethyl adjacent to an activating group) is 1. The van der Waals surface area contributed by atoms with Gasteiger partial charge in [0.05, 0.1) is 24.7 Å². The molecule has 1 aromatic rings. The SMILES string of the molecule is CCOC(=O)CN(CCOC)C(=O)CN(C)S(=O)(=O)c1ccc(Cl)cc1. The van der Waals surface area contributed by atoms with Gasteiger partial charge in [0.2, 0.25) is 15.9 Å². The first-order valence-corrected chi connectivity index (χ1v) is 9.68. The van der Waals surface area contributed by atoms with Crippen LogP contribution in [0.5, 0.6) is 0 Å². The van der Waals surface area contributed by atoms with Crippen LogP contribution in [0.2, 0.25) is 5.02 Å². The predicted molar refractivity (Wildman–Crippen MR) is 96.4 cm³/mol. The number of rotatable bonds is 10. The lowest BCUT2D eigenvalue weighted by molar-refractivity contribution is -0.149. The summed E-state index contributed by atoms with van der Waals surface area (Å²) in [4.78, 5) is 25.3. The molecule has 0 unspecified atom stereocenters. The molecule has 0 aliphatic rings. The number of ether oxygens (including phenoxy) is 2. The molecule has 8 nitrogen and oxygen atoms in total. The number of methoxy groups -OCH3 is 1. The summed E-state index contributed by atoms with van der Waals surface area (Å²) in [5.74, 6) is -1.10. The van der Waals surface area contributed by atoms with Crippen LogP contribution in [0.25, 0.3) is 0 Å². The van der Waals surface area contributed by atoms with E-state index in [9.17, 15) is 18.0 Å². The minimum absolute atomic E-state index is 0.0195. The van der Waals surface area contributed by atoms with E-state index >= 15 is 0 Å². The van der Waals surface area contributed by atoms with E-state index in [2.05, 4.69) is 0 Å². The molecule has 0 fully saturated rings. The molecular formula is C16H23ClN2O6S. The number of nitrogens with zero attached hydrogens (tertiary/aromatic N) is 2. The summed E-state index contributed by atoms with van der Waals surface area (Å²) < 4.78 is 35.8. The maximum atomic E-state index is 12.5. The van der Waals surface area contributed by atoms with E-state index in [0.717, 1.165) is 4.31 Å². The van der Waals surface area contributed by atoms with Crippen molar-refractivity contribution in [1.82, 2.24) is 9.21 Å². The number of hydrogen-bond donors (Lipinski definition) is 0. The lowest BCUT2D eigenvalue weighted by atomic mass is 10.4. The fourth-order valence-electron chi connectivity index (χ4n) is 2.02. The van der Waals surface area contributed by atoms with Crippen molar-refractivity contribution < 1.29 is 27.5 Å². The van der Waals surface area contributed by atoms with Gasteiger partial charge in [-0.05, 0) is 31.2 Å². The van der Waals surface area contributed by atoms with Crippen molar-refractivity contribution in [3.05, 3.63) is 29.3 Å². The Labute approximate surface area is 158 Å². The zero-order chi connectivity index (χ0) is 19.7. The van der Waals surface area contributed by atoms with E-state index in [1.165, 1.54) is 43.3 Å². The van der Waals surface area contributed by atoms with Gasteiger partial charge in [0.25, 0.3) is 0 Å². The Morgan fingerprint density at radius 1 is 1.15 bits per heavy atom. The van der Waals surface area contributed by atoms with Crippen LogP contribution in [0, 0.1) is 0 Å². The van der Waals surface area contributed by atoms with Gasteiger partial charge >= 0.3 is 5.97 Å². The monoisotopic (exact) mass is 406 g/mol. The van der Waals surface area contributed by atoms with Crippen LogP contribution >= 0.6 is 11.6 Å². The van der Waals surface area contributed by atoms with Gasteiger partial charge in [-0.3, -0.25) is 9.59 Å². The molecule has 0 saturated carbocycles. The Kier molecular flexibility index (Phi) is 9.00. The number of carbonyl (C=O) groups is 2. The Morgan fingerprint density at radius 3 is 2.31 bits per heavy atom. The number of sulfonamides is 1. The predicted octanol–water partition coefficient (Wildman–Crippen LogP) is 0.999. The van der Waals surface area contributed by atoms with Gasteiger partial charge in [0, 0.05) is 25.7 Å². The fraction of sp³-hybridized carbons (Fsp3) is 0.500. The third-order valence-electron chi connectivity index (χ3n) is 3.42. The molecule has 0 aliphatic heterocycles. The third-order valence-corrected chi connectivity index (χ3v) is 5.49. The molecule has 10 heteroatoms. The van der Waals surface area contributed by atoms with Gasteiger partial charge in [-0.15, -0.1) is 0 Å². The van der Waals surface area contributed by atoms with E-state index in [0.29, 0.717) is 5.02 Å². The van der Waals surface area contributed by atoms with Gasteiger partial charge in [0.1, 0.15) is 6.54 Å². The summed E-state index contributed by atoms with van der Waals surface area (Å²) >= 11 is 5.76. The largest absolute Gasteiger partial charge is 0.465 e. The first kappa shape index (κ1) is 22.4. The highest BCUT2D eigenvalue weighted by molar-refractivity contribution is 7.89. The minimum atomic E-state index is -3.86. The van der Waals surface area contributed by atoms with E-state index in [-0.39, 0.29) is 31.2 Å². The Balaban J connectivity index is 2.85. The first-order chi connectivity index (χ1) is 12.2. The average Bonchev–Trinajstić information content (AvgIpc) is 2.59. The first-order valence-electron chi connectivity index (χ1n) is 7.86. The number of hydrogen-bond acceptors (Lipinski definition) is 6. The van der Waals surface area contributed by atoms with Gasteiger partial charge in [0.15, 0.2) is 0 Å². The molecule has 1 aromatic carbocycles. The van der Waals surface area contributed by atoms with Crippen LogP contribution in [-0.2, 0) is 29.1 Å². The number of benzene rings is 1. The molecular weight excluding hydrogens is 384 g/mol. The van der Waals surface area contributed by atoms with Crippen LogP contribution in [-0.4, -0.2) is 76.5 Å². The topological polar surface area (TPSA) is 93.2 Å². The number of halogens is 1. The standard InChI is InChI=1S/C16H23ClN2O6S/c1-4-25-16(21)12-19(9-10-24-3)15(20)11-18(2)26(22,23)14-7-5-13(17)6-8-14/h5-8H,4,9-12H2,1-3H3. The van der Waals surface area contributed by atoms with Crippen molar-refractivity contribution in [3.63, 3.8) is 0 Å². The lowest BCUT2D eigenvalue weighted by Gasteiger charge is -2.24. The highest BCUT2D eigenvalue weighted by Gasteiger charge is 2.26. The van der Waals surface area contributed by atoms with E-state index in [1.54, 1.807) is 6.92 Å². The van der Waals surface area contributed by atoms with Crippen LogP contribution < -0.4 is 0 Å². The molecule has 0 aliphatic carbocycles. The second-order valence-electron chi connectivity index (χ2n) is 5.33. The van der Waals surface area contributed by atoms with Crippen LogP contribution in [0.15, 0.2) is 29.2 Å². The van der Waals surface area contributed by atoms with Crippen molar-refractivity contribution in [2.75, 3.05) is 47.0 Å². The quantitative estimate of drug-likeness (QED) is 0.538. The lowest BCUT2D eigenvalue weighted by Crippen LogP contribution is -2.44. The van der Waals surface area contributed by atoms with Crippen molar-refractivity contribution in [2.24, 2.45) is 0 Å². The van der Waals surface area contributed by atoms with Gasteiger partial charge in [-0.25, -0.2) is 8.42 Å². The van der Waals surface area contributed by atoms with Crippen molar-refractivity contribution in [1.29, 1.82) is 0 Å². The molecule has 0 radical (unpaired) electrons. The van der Waals surface area contributed by atoms with Crippen molar-refractivity contribution >= 4 is 33.5 Å². The second-order valence-corrected chi connectivity index (χ2v) is 7.81. The second kappa shape index (κ2) is 10.5. The summed E-state index contributed by atoms with van der Waals surface area (Å²) in [6.07, 6.45) is 0. The highest BCUT2D eigenvalue weighted by Crippen LogP contribution is 2.17. The van der Waals surface area contributed by atoms with Gasteiger partial charge < -0.3 is 14.4 Å². The summed E-state index contributed by atoms with van der Waals surface area (Å²) in [6, 6.07) is 5.63. The van der Waals surface area contributed by atoms with Crippen LogP contribution in [0.1, 0.15) is 6.92 Å². The molecule has 0 spiro atoms. The third kappa shape index (κ3) is 6.56. The average molecular weight is 407 g/mol. The summed E-state index contributed by atoms with van der Waals surface area (Å²) in [5.41, 5.74) is 0. The molecule has 0 aromatic heterocycles. The molecule has 1 amide bonds. The molecule has 0 heterocycles. The Hall–Kier alpha value is -1.68. The minimum Gasteiger partial charge on any atom is -0.465 e. The summed E-state index contributed by atoms with van der Waals surface area (Å²) in [6.45, 7) is 1.50. The Morgan fingerprint density at radius 2 is 1.77 bits per heavy atom. The van der Waals surface area contributed by atoms with Gasteiger partial charge in [-0.1, -0.05) is 11.6 Å². The molecule has 146 valence electrons. The zero-order valence-electron chi connectivity index (χ0n) is 15.0.